The molecule has 0 spiro atoms. The summed E-state index contributed by atoms with van der Waals surface area (Å²) in [4.78, 5) is 37.3. The Kier molecular flexibility index (Phi) is 5.07. The number of carbonyl (C=O) groups is 3. The van der Waals surface area contributed by atoms with Gasteiger partial charge in [-0.15, -0.1) is 11.8 Å². The molecule has 22 heavy (non-hydrogen) atoms. The second-order valence-corrected chi connectivity index (χ2v) is 6.62. The van der Waals surface area contributed by atoms with E-state index in [1.807, 2.05) is 0 Å². The van der Waals surface area contributed by atoms with Gasteiger partial charge in [0.05, 0.1) is 23.3 Å². The van der Waals surface area contributed by atoms with E-state index in [2.05, 4.69) is 5.32 Å². The molecule has 7 heteroatoms. The topological polar surface area (TPSA) is 75.7 Å². The van der Waals surface area contributed by atoms with Gasteiger partial charge in [-0.1, -0.05) is 12.1 Å². The normalized spacial score (nSPS) is 21.7. The van der Waals surface area contributed by atoms with Gasteiger partial charge in [-0.25, -0.2) is 0 Å². The largest absolute Gasteiger partial charge is 0.495 e. The van der Waals surface area contributed by atoms with Crippen molar-refractivity contribution in [2.24, 2.45) is 0 Å². The van der Waals surface area contributed by atoms with Crippen molar-refractivity contribution >= 4 is 35.2 Å². The third-order valence-electron chi connectivity index (χ3n) is 3.32. The van der Waals surface area contributed by atoms with E-state index in [9.17, 15) is 14.4 Å². The van der Waals surface area contributed by atoms with Gasteiger partial charge in [-0.2, -0.15) is 0 Å². The highest BCUT2D eigenvalue weighted by Gasteiger charge is 2.38. The van der Waals surface area contributed by atoms with Gasteiger partial charge in [-0.05, 0) is 26.0 Å². The molecular formula is C15H18N2O4S. The number of para-hydroxylation sites is 2. The summed E-state index contributed by atoms with van der Waals surface area (Å²) >= 11 is 1.31. The van der Waals surface area contributed by atoms with E-state index in [0.29, 0.717) is 11.4 Å². The van der Waals surface area contributed by atoms with E-state index in [1.165, 1.54) is 18.9 Å². The molecule has 1 aromatic rings. The third-order valence-corrected chi connectivity index (χ3v) is 4.54. The number of amides is 3. The van der Waals surface area contributed by atoms with Crippen molar-refractivity contribution in [1.29, 1.82) is 0 Å². The first kappa shape index (κ1) is 16.4. The number of methoxy groups -OCH3 is 1. The fraction of sp³-hybridized carbons (Fsp3) is 0.400. The maximum Gasteiger partial charge on any atom is 0.244 e. The van der Waals surface area contributed by atoms with Crippen LogP contribution in [0.4, 0.5) is 5.69 Å². The molecule has 2 rings (SSSR count). The van der Waals surface area contributed by atoms with Crippen molar-refractivity contribution in [3.8, 4) is 5.75 Å². The van der Waals surface area contributed by atoms with E-state index in [-0.39, 0.29) is 28.9 Å². The monoisotopic (exact) mass is 322 g/mol. The van der Waals surface area contributed by atoms with E-state index >= 15 is 0 Å². The standard InChI is InChI=1S/C15H18N2O4S/c1-9-14(19)17(15(20)10(2)22-9)8-13(18)16-11-6-4-5-7-12(11)21-3/h4-7,9-10H,8H2,1-3H3,(H,16,18)/t9-,10-/m1/s1. The van der Waals surface area contributed by atoms with Crippen LogP contribution >= 0.6 is 11.8 Å². The number of nitrogens with one attached hydrogen (secondary N) is 1. The average molecular weight is 322 g/mol. The number of nitrogens with zero attached hydrogens (tertiary/aromatic N) is 1. The summed E-state index contributed by atoms with van der Waals surface area (Å²) in [6.07, 6.45) is 0. The molecule has 0 radical (unpaired) electrons. The Morgan fingerprint density at radius 1 is 1.23 bits per heavy atom. The second kappa shape index (κ2) is 6.83. The fourth-order valence-electron chi connectivity index (χ4n) is 2.21. The number of hydrogen-bond acceptors (Lipinski definition) is 5. The van der Waals surface area contributed by atoms with Crippen LogP contribution in [-0.4, -0.2) is 46.8 Å². The Morgan fingerprint density at radius 3 is 2.41 bits per heavy atom. The lowest BCUT2D eigenvalue weighted by Crippen LogP contribution is -2.52. The van der Waals surface area contributed by atoms with Crippen LogP contribution in [0.5, 0.6) is 5.75 Å². The molecule has 1 fully saturated rings. The number of rotatable bonds is 4. The lowest BCUT2D eigenvalue weighted by molar-refractivity contribution is -0.147. The molecule has 1 aliphatic heterocycles. The molecule has 3 amide bonds. The summed E-state index contributed by atoms with van der Waals surface area (Å²) in [7, 11) is 1.50. The Labute approximate surface area is 133 Å². The van der Waals surface area contributed by atoms with Crippen LogP contribution in [0.25, 0.3) is 0 Å². The van der Waals surface area contributed by atoms with Crippen LogP contribution in [0.15, 0.2) is 24.3 Å². The van der Waals surface area contributed by atoms with Gasteiger partial charge in [0.2, 0.25) is 17.7 Å². The van der Waals surface area contributed by atoms with Gasteiger partial charge in [0, 0.05) is 0 Å². The zero-order valence-corrected chi connectivity index (χ0v) is 13.5. The second-order valence-electron chi connectivity index (χ2n) is 4.93. The van der Waals surface area contributed by atoms with E-state index in [0.717, 1.165) is 4.90 Å². The van der Waals surface area contributed by atoms with Gasteiger partial charge < -0.3 is 10.1 Å². The molecule has 0 saturated carbocycles. The number of ether oxygens (including phenoxy) is 1. The van der Waals surface area contributed by atoms with Crippen molar-refractivity contribution in [1.82, 2.24) is 4.90 Å². The minimum atomic E-state index is -0.433. The minimum Gasteiger partial charge on any atom is -0.495 e. The van der Waals surface area contributed by atoms with Crippen LogP contribution in [-0.2, 0) is 14.4 Å². The smallest absolute Gasteiger partial charge is 0.244 e. The van der Waals surface area contributed by atoms with Crippen LogP contribution in [0, 0.1) is 0 Å². The third kappa shape index (κ3) is 3.41. The Hall–Kier alpha value is -2.02. The highest BCUT2D eigenvalue weighted by atomic mass is 32.2. The van der Waals surface area contributed by atoms with E-state index in [1.54, 1.807) is 38.1 Å². The zero-order chi connectivity index (χ0) is 16.3. The van der Waals surface area contributed by atoms with Crippen molar-refractivity contribution in [3.05, 3.63) is 24.3 Å². The number of hydrogen-bond donors (Lipinski definition) is 1. The van der Waals surface area contributed by atoms with Crippen molar-refractivity contribution in [2.75, 3.05) is 19.0 Å². The van der Waals surface area contributed by atoms with Gasteiger partial charge >= 0.3 is 0 Å². The molecule has 6 nitrogen and oxygen atoms in total. The molecule has 0 aliphatic carbocycles. The summed E-state index contributed by atoms with van der Waals surface area (Å²) in [5, 5.41) is 2.01. The summed E-state index contributed by atoms with van der Waals surface area (Å²) < 4.78 is 5.15. The number of imide groups is 1. The number of thioether (sulfide) groups is 1. The Balaban J connectivity index is 2.07. The molecule has 1 aromatic carbocycles. The van der Waals surface area contributed by atoms with Crippen molar-refractivity contribution in [3.63, 3.8) is 0 Å². The molecule has 118 valence electrons. The zero-order valence-electron chi connectivity index (χ0n) is 12.7. The molecule has 1 saturated heterocycles. The number of anilines is 1. The first-order valence-electron chi connectivity index (χ1n) is 6.87. The van der Waals surface area contributed by atoms with E-state index in [4.69, 9.17) is 4.74 Å². The van der Waals surface area contributed by atoms with Crippen molar-refractivity contribution in [2.45, 2.75) is 24.3 Å². The lowest BCUT2D eigenvalue weighted by Gasteiger charge is -2.31. The maximum absolute atomic E-state index is 12.1. The fourth-order valence-corrected chi connectivity index (χ4v) is 3.31. The van der Waals surface area contributed by atoms with Gasteiger partial charge in [0.1, 0.15) is 12.3 Å². The molecule has 1 heterocycles. The van der Waals surface area contributed by atoms with Crippen LogP contribution < -0.4 is 10.1 Å². The molecule has 0 unspecified atom stereocenters. The van der Waals surface area contributed by atoms with Gasteiger partial charge in [-0.3, -0.25) is 19.3 Å². The summed E-state index contributed by atoms with van der Waals surface area (Å²) in [5.74, 6) is -0.575. The van der Waals surface area contributed by atoms with Crippen LogP contribution in [0.1, 0.15) is 13.8 Å². The molecular weight excluding hydrogens is 304 g/mol. The number of benzene rings is 1. The first-order chi connectivity index (χ1) is 10.4. The molecule has 1 aliphatic rings. The summed E-state index contributed by atoms with van der Waals surface area (Å²) in [6.45, 7) is 3.19. The lowest BCUT2D eigenvalue weighted by atomic mass is 10.2. The SMILES string of the molecule is COc1ccccc1NC(=O)CN1C(=O)[C@@H](C)S[C@H](C)C1=O. The highest BCUT2D eigenvalue weighted by molar-refractivity contribution is 8.02. The predicted molar refractivity (Wildman–Crippen MR) is 84.9 cm³/mol. The Bertz CT molecular complexity index is 585. The summed E-state index contributed by atoms with van der Waals surface area (Å²) in [6, 6.07) is 6.95. The Morgan fingerprint density at radius 2 is 1.82 bits per heavy atom. The molecule has 1 N–H and O–H groups in total. The molecule has 2 atom stereocenters. The van der Waals surface area contributed by atoms with E-state index < -0.39 is 5.91 Å². The highest BCUT2D eigenvalue weighted by Crippen LogP contribution is 2.27. The maximum atomic E-state index is 12.1. The molecule has 0 aromatic heterocycles. The van der Waals surface area contributed by atoms with Gasteiger partial charge in [0.25, 0.3) is 0 Å². The minimum absolute atomic E-state index is 0.287. The average Bonchev–Trinajstić information content (AvgIpc) is 2.50. The first-order valence-corrected chi connectivity index (χ1v) is 7.82. The quantitative estimate of drug-likeness (QED) is 0.851. The predicted octanol–water partition coefficient (Wildman–Crippen LogP) is 1.51. The molecule has 0 bridgehead atoms. The van der Waals surface area contributed by atoms with Gasteiger partial charge in [0.15, 0.2) is 0 Å². The van der Waals surface area contributed by atoms with Crippen LogP contribution in [0.3, 0.4) is 0 Å². The number of carbonyl (C=O) groups excluding carboxylic acids is 3. The summed E-state index contributed by atoms with van der Waals surface area (Å²) in [5.41, 5.74) is 0.502. The van der Waals surface area contributed by atoms with Crippen molar-refractivity contribution < 1.29 is 19.1 Å². The van der Waals surface area contributed by atoms with Crippen LogP contribution in [0.2, 0.25) is 0 Å².